The molecule has 1 aliphatic heterocycles. The van der Waals surface area contributed by atoms with E-state index in [-0.39, 0.29) is 24.5 Å². The Morgan fingerprint density at radius 1 is 1.50 bits per heavy atom. The lowest BCUT2D eigenvalue weighted by Crippen LogP contribution is -2.30. The van der Waals surface area contributed by atoms with Crippen molar-refractivity contribution in [1.29, 1.82) is 0 Å². The second-order valence-corrected chi connectivity index (χ2v) is 6.89. The first kappa shape index (κ1) is 15.4. The number of aliphatic hydroxyl groups excluding tert-OH is 1. The van der Waals surface area contributed by atoms with Crippen LogP contribution in [0.2, 0.25) is 0 Å². The van der Waals surface area contributed by atoms with Crippen LogP contribution in [0.3, 0.4) is 0 Å². The Bertz CT molecular complexity index is 377. The molecule has 0 aromatic rings. The zero-order chi connectivity index (χ0) is 13.8. The van der Waals surface area contributed by atoms with Crippen molar-refractivity contribution in [3.63, 3.8) is 0 Å². The molecule has 0 aromatic heterocycles. The van der Waals surface area contributed by atoms with Gasteiger partial charge >= 0.3 is 5.97 Å². The maximum Gasteiger partial charge on any atom is 0.306 e. The van der Waals surface area contributed by atoms with Gasteiger partial charge in [-0.1, -0.05) is 0 Å². The molecule has 1 rings (SSSR count). The molecule has 18 heavy (non-hydrogen) atoms. The summed E-state index contributed by atoms with van der Waals surface area (Å²) < 4.78 is 27.7. The number of carboxylic acids is 1. The van der Waals surface area contributed by atoms with Crippen LogP contribution >= 0.6 is 0 Å². The number of hydrogen-bond acceptors (Lipinski definition) is 5. The highest BCUT2D eigenvalue weighted by Crippen LogP contribution is 2.29. The number of sulfone groups is 1. The fourth-order valence-electron chi connectivity index (χ4n) is 2.25. The fraction of sp³-hybridized carbons (Fsp3) is 0.909. The smallest absolute Gasteiger partial charge is 0.306 e. The molecule has 0 amide bonds. The van der Waals surface area contributed by atoms with E-state index in [2.05, 4.69) is 0 Å². The summed E-state index contributed by atoms with van der Waals surface area (Å²) in [5.41, 5.74) is 0. The highest BCUT2D eigenvalue weighted by Gasteiger charge is 2.38. The Morgan fingerprint density at radius 2 is 2.17 bits per heavy atom. The van der Waals surface area contributed by atoms with E-state index in [4.69, 9.17) is 9.84 Å². The molecule has 1 aliphatic rings. The van der Waals surface area contributed by atoms with Crippen LogP contribution in [0.5, 0.6) is 0 Å². The van der Waals surface area contributed by atoms with Crippen LogP contribution in [0.4, 0.5) is 0 Å². The molecule has 106 valence electrons. The van der Waals surface area contributed by atoms with Gasteiger partial charge in [0.05, 0.1) is 30.1 Å². The average Bonchev–Trinajstić information content (AvgIpc) is 2.63. The van der Waals surface area contributed by atoms with Crippen molar-refractivity contribution in [2.75, 3.05) is 24.7 Å². The standard InChI is InChI=1S/C11H20O6S/c1-2-17-6-9(12)5-10(11(13)14)8-3-4-18(15,16)7-8/h8-10,12H,2-7H2,1H3,(H,13,14). The molecule has 1 fully saturated rings. The second-order valence-electron chi connectivity index (χ2n) is 4.66. The summed E-state index contributed by atoms with van der Waals surface area (Å²) in [5.74, 6) is -2.32. The minimum atomic E-state index is -3.10. The SMILES string of the molecule is CCOCC(O)CC(C(=O)O)C1CCS(=O)(=O)C1. The van der Waals surface area contributed by atoms with Crippen LogP contribution in [0.1, 0.15) is 19.8 Å². The van der Waals surface area contributed by atoms with Gasteiger partial charge in [0, 0.05) is 6.61 Å². The van der Waals surface area contributed by atoms with Crippen LogP contribution in [-0.2, 0) is 19.4 Å². The molecule has 0 aliphatic carbocycles. The quantitative estimate of drug-likeness (QED) is 0.676. The van der Waals surface area contributed by atoms with E-state index < -0.39 is 33.7 Å². The van der Waals surface area contributed by atoms with Gasteiger partial charge in [-0.25, -0.2) is 8.42 Å². The van der Waals surface area contributed by atoms with Crippen LogP contribution < -0.4 is 0 Å². The van der Waals surface area contributed by atoms with Crippen LogP contribution in [0, 0.1) is 11.8 Å². The van der Waals surface area contributed by atoms with Crippen LogP contribution in [0.15, 0.2) is 0 Å². The predicted octanol–water partition coefficient (Wildman–Crippen LogP) is -0.0906. The van der Waals surface area contributed by atoms with E-state index in [1.165, 1.54) is 0 Å². The van der Waals surface area contributed by atoms with Crippen molar-refractivity contribution in [2.24, 2.45) is 11.8 Å². The summed E-state index contributed by atoms with van der Waals surface area (Å²) in [6.07, 6.45) is -0.467. The molecule has 0 aromatic carbocycles. The lowest BCUT2D eigenvalue weighted by molar-refractivity contribution is -0.145. The van der Waals surface area contributed by atoms with Gasteiger partial charge in [-0.3, -0.25) is 4.79 Å². The second kappa shape index (κ2) is 6.49. The first-order chi connectivity index (χ1) is 8.35. The zero-order valence-corrected chi connectivity index (χ0v) is 11.2. The van der Waals surface area contributed by atoms with Crippen molar-refractivity contribution in [3.8, 4) is 0 Å². The van der Waals surface area contributed by atoms with Crippen molar-refractivity contribution < 1.29 is 28.2 Å². The Kier molecular flexibility index (Phi) is 5.55. The Morgan fingerprint density at radius 3 is 2.61 bits per heavy atom. The van der Waals surface area contributed by atoms with Gasteiger partial charge in [-0.15, -0.1) is 0 Å². The number of ether oxygens (including phenoxy) is 1. The topological polar surface area (TPSA) is 101 Å². The number of carboxylic acid groups (broad SMARTS) is 1. The molecule has 2 N–H and O–H groups in total. The fourth-order valence-corrected chi connectivity index (χ4v) is 4.13. The van der Waals surface area contributed by atoms with E-state index in [0.717, 1.165) is 0 Å². The maximum absolute atomic E-state index is 11.3. The summed E-state index contributed by atoms with van der Waals surface area (Å²) >= 11 is 0. The first-order valence-electron chi connectivity index (χ1n) is 6.04. The molecule has 1 heterocycles. The average molecular weight is 280 g/mol. The number of carbonyl (C=O) groups is 1. The third-order valence-corrected chi connectivity index (χ3v) is 4.99. The van der Waals surface area contributed by atoms with E-state index in [1.807, 2.05) is 0 Å². The summed E-state index contributed by atoms with van der Waals surface area (Å²) in [7, 11) is -3.10. The molecule has 1 saturated heterocycles. The van der Waals surface area contributed by atoms with Gasteiger partial charge in [0.1, 0.15) is 0 Å². The molecule has 0 bridgehead atoms. The highest BCUT2D eigenvalue weighted by molar-refractivity contribution is 7.91. The predicted molar refractivity (Wildman–Crippen MR) is 65.0 cm³/mol. The zero-order valence-electron chi connectivity index (χ0n) is 10.4. The van der Waals surface area contributed by atoms with Gasteiger partial charge < -0.3 is 14.9 Å². The molecule has 3 unspecified atom stereocenters. The minimum absolute atomic E-state index is 0.0372. The van der Waals surface area contributed by atoms with Gasteiger partial charge in [0.25, 0.3) is 0 Å². The Labute approximate surface area is 107 Å². The molecule has 0 spiro atoms. The van der Waals surface area contributed by atoms with E-state index in [1.54, 1.807) is 6.92 Å². The molecule has 0 saturated carbocycles. The summed E-state index contributed by atoms with van der Waals surface area (Å²) in [4.78, 5) is 11.2. The molecule has 0 radical (unpaired) electrons. The van der Waals surface area contributed by atoms with Crippen LogP contribution in [-0.4, -0.2) is 55.4 Å². The van der Waals surface area contributed by atoms with Crippen molar-refractivity contribution in [2.45, 2.75) is 25.9 Å². The van der Waals surface area contributed by atoms with E-state index >= 15 is 0 Å². The molecular weight excluding hydrogens is 260 g/mol. The monoisotopic (exact) mass is 280 g/mol. The summed E-state index contributed by atoms with van der Waals surface area (Å²) in [6.45, 7) is 2.32. The van der Waals surface area contributed by atoms with Gasteiger partial charge in [0.2, 0.25) is 0 Å². The lowest BCUT2D eigenvalue weighted by atomic mass is 9.87. The number of aliphatic carboxylic acids is 1. The van der Waals surface area contributed by atoms with Gasteiger partial charge in [-0.2, -0.15) is 0 Å². The molecular formula is C11H20O6S. The number of rotatable bonds is 7. The maximum atomic E-state index is 11.3. The van der Waals surface area contributed by atoms with E-state index in [0.29, 0.717) is 13.0 Å². The molecule has 3 atom stereocenters. The van der Waals surface area contributed by atoms with Crippen molar-refractivity contribution in [3.05, 3.63) is 0 Å². The largest absolute Gasteiger partial charge is 0.481 e. The van der Waals surface area contributed by atoms with Gasteiger partial charge in [-0.05, 0) is 25.7 Å². The first-order valence-corrected chi connectivity index (χ1v) is 7.87. The van der Waals surface area contributed by atoms with Crippen molar-refractivity contribution >= 4 is 15.8 Å². The van der Waals surface area contributed by atoms with Crippen molar-refractivity contribution in [1.82, 2.24) is 0 Å². The van der Waals surface area contributed by atoms with E-state index in [9.17, 15) is 18.3 Å². The summed E-state index contributed by atoms with van der Waals surface area (Å²) in [6, 6.07) is 0. The Hall–Kier alpha value is -0.660. The van der Waals surface area contributed by atoms with Gasteiger partial charge in [0.15, 0.2) is 9.84 Å². The van der Waals surface area contributed by atoms with Crippen LogP contribution in [0.25, 0.3) is 0 Å². The Balaban J connectivity index is 2.58. The third kappa shape index (κ3) is 4.55. The highest BCUT2D eigenvalue weighted by atomic mass is 32.2. The summed E-state index contributed by atoms with van der Waals surface area (Å²) in [5, 5.41) is 18.8. The molecule has 7 heteroatoms. The number of hydrogen-bond donors (Lipinski definition) is 2. The minimum Gasteiger partial charge on any atom is -0.481 e. The normalized spacial score (nSPS) is 25.8. The molecule has 6 nitrogen and oxygen atoms in total. The number of aliphatic hydroxyl groups is 1. The lowest BCUT2D eigenvalue weighted by Gasteiger charge is -2.21. The third-order valence-electron chi connectivity index (χ3n) is 3.19.